The third kappa shape index (κ3) is 3.87. The Labute approximate surface area is 107 Å². The van der Waals surface area contributed by atoms with E-state index in [0.29, 0.717) is 5.75 Å². The van der Waals surface area contributed by atoms with Gasteiger partial charge in [-0.25, -0.2) is 13.6 Å². The SMILES string of the molecule is CCC(CC)Oc1ccc(S(N)(=O)=O)cc1Cl. The molecule has 17 heavy (non-hydrogen) atoms. The highest BCUT2D eigenvalue weighted by Gasteiger charge is 2.13. The second-order valence-electron chi connectivity index (χ2n) is 3.69. The van der Waals surface area contributed by atoms with Gasteiger partial charge in [-0.15, -0.1) is 0 Å². The van der Waals surface area contributed by atoms with Crippen LogP contribution in [-0.4, -0.2) is 14.5 Å². The zero-order valence-electron chi connectivity index (χ0n) is 9.81. The van der Waals surface area contributed by atoms with Crippen molar-refractivity contribution in [2.75, 3.05) is 0 Å². The van der Waals surface area contributed by atoms with Gasteiger partial charge in [0.2, 0.25) is 10.0 Å². The van der Waals surface area contributed by atoms with Crippen LogP contribution in [0.15, 0.2) is 23.1 Å². The molecule has 0 unspecified atom stereocenters. The molecule has 4 nitrogen and oxygen atoms in total. The van der Waals surface area contributed by atoms with Crippen LogP contribution in [0, 0.1) is 0 Å². The van der Waals surface area contributed by atoms with Crippen LogP contribution in [-0.2, 0) is 10.0 Å². The van der Waals surface area contributed by atoms with Gasteiger partial charge < -0.3 is 4.74 Å². The Hall–Kier alpha value is -0.780. The second-order valence-corrected chi connectivity index (χ2v) is 5.66. The van der Waals surface area contributed by atoms with Crippen LogP contribution in [0.3, 0.4) is 0 Å². The summed E-state index contributed by atoms with van der Waals surface area (Å²) in [5.74, 6) is 0.479. The summed E-state index contributed by atoms with van der Waals surface area (Å²) in [5, 5.41) is 5.26. The first-order chi connectivity index (χ1) is 7.88. The van der Waals surface area contributed by atoms with E-state index in [9.17, 15) is 8.42 Å². The zero-order valence-corrected chi connectivity index (χ0v) is 11.4. The van der Waals surface area contributed by atoms with E-state index in [1.165, 1.54) is 18.2 Å². The Morgan fingerprint density at radius 1 is 1.35 bits per heavy atom. The van der Waals surface area contributed by atoms with Crippen LogP contribution in [0.5, 0.6) is 5.75 Å². The van der Waals surface area contributed by atoms with Crippen molar-refractivity contribution in [2.45, 2.75) is 37.7 Å². The maximum Gasteiger partial charge on any atom is 0.238 e. The molecule has 1 rings (SSSR count). The Kier molecular flexibility index (Phi) is 4.80. The molecular weight excluding hydrogens is 262 g/mol. The molecule has 0 aliphatic heterocycles. The number of ether oxygens (including phenoxy) is 1. The van der Waals surface area contributed by atoms with Crippen molar-refractivity contribution in [1.82, 2.24) is 0 Å². The maximum absolute atomic E-state index is 11.1. The third-order valence-electron chi connectivity index (χ3n) is 2.44. The molecule has 2 N–H and O–H groups in total. The van der Waals surface area contributed by atoms with E-state index in [1.54, 1.807) is 0 Å². The first-order valence-corrected chi connectivity index (χ1v) is 7.29. The fourth-order valence-electron chi connectivity index (χ4n) is 1.39. The lowest BCUT2D eigenvalue weighted by atomic mass is 10.2. The van der Waals surface area contributed by atoms with Crippen LogP contribution in [0.4, 0.5) is 0 Å². The molecule has 6 heteroatoms. The third-order valence-corrected chi connectivity index (χ3v) is 3.64. The largest absolute Gasteiger partial charge is 0.489 e. The molecule has 0 amide bonds. The van der Waals surface area contributed by atoms with Gasteiger partial charge in [0.05, 0.1) is 16.0 Å². The fourth-order valence-corrected chi connectivity index (χ4v) is 2.22. The number of sulfonamides is 1. The van der Waals surface area contributed by atoms with Crippen LogP contribution in [0.25, 0.3) is 0 Å². The lowest BCUT2D eigenvalue weighted by Crippen LogP contribution is -2.15. The Morgan fingerprint density at radius 2 is 1.94 bits per heavy atom. The number of halogens is 1. The molecular formula is C11H16ClNO3S. The van der Waals surface area contributed by atoms with Gasteiger partial charge in [-0.3, -0.25) is 0 Å². The van der Waals surface area contributed by atoms with Gasteiger partial charge in [0, 0.05) is 0 Å². The summed E-state index contributed by atoms with van der Waals surface area (Å²) in [6.45, 7) is 4.03. The second kappa shape index (κ2) is 5.71. The van der Waals surface area contributed by atoms with Crippen molar-refractivity contribution in [3.05, 3.63) is 23.2 Å². The molecule has 0 radical (unpaired) electrons. The van der Waals surface area contributed by atoms with E-state index in [0.717, 1.165) is 12.8 Å². The van der Waals surface area contributed by atoms with Gasteiger partial charge in [-0.2, -0.15) is 0 Å². The van der Waals surface area contributed by atoms with E-state index < -0.39 is 10.0 Å². The van der Waals surface area contributed by atoms with Crippen LogP contribution in [0.2, 0.25) is 5.02 Å². The van der Waals surface area contributed by atoms with Gasteiger partial charge >= 0.3 is 0 Å². The highest BCUT2D eigenvalue weighted by Crippen LogP contribution is 2.28. The molecule has 0 aromatic heterocycles. The normalized spacial score (nSPS) is 11.8. The van der Waals surface area contributed by atoms with Crippen molar-refractivity contribution < 1.29 is 13.2 Å². The Bertz CT molecular complexity index is 483. The van der Waals surface area contributed by atoms with Crippen molar-refractivity contribution in [2.24, 2.45) is 5.14 Å². The first-order valence-electron chi connectivity index (χ1n) is 5.37. The minimum absolute atomic E-state index is 0.0144. The summed E-state index contributed by atoms with van der Waals surface area (Å²) in [6.07, 6.45) is 1.81. The first kappa shape index (κ1) is 14.3. The lowest BCUT2D eigenvalue weighted by molar-refractivity contribution is 0.193. The molecule has 1 aromatic carbocycles. The monoisotopic (exact) mass is 277 g/mol. The molecule has 0 heterocycles. The summed E-state index contributed by atoms with van der Waals surface area (Å²) in [4.78, 5) is -0.0144. The molecule has 0 saturated heterocycles. The topological polar surface area (TPSA) is 69.4 Å². The summed E-state index contributed by atoms with van der Waals surface area (Å²) < 4.78 is 27.9. The summed E-state index contributed by atoms with van der Waals surface area (Å²) in [6, 6.07) is 4.22. The lowest BCUT2D eigenvalue weighted by Gasteiger charge is -2.16. The Morgan fingerprint density at radius 3 is 2.35 bits per heavy atom. The van der Waals surface area contributed by atoms with E-state index >= 15 is 0 Å². The molecule has 0 aliphatic rings. The minimum Gasteiger partial charge on any atom is -0.489 e. The fraction of sp³-hybridized carbons (Fsp3) is 0.455. The summed E-state index contributed by atoms with van der Waals surface area (Å²) in [5.41, 5.74) is 0. The van der Waals surface area contributed by atoms with Gasteiger partial charge in [-0.1, -0.05) is 25.4 Å². The summed E-state index contributed by atoms with van der Waals surface area (Å²) in [7, 11) is -3.72. The van der Waals surface area contributed by atoms with Crippen molar-refractivity contribution in [3.8, 4) is 5.75 Å². The van der Waals surface area contributed by atoms with E-state index in [4.69, 9.17) is 21.5 Å². The molecule has 0 atom stereocenters. The number of benzene rings is 1. The standard InChI is InChI=1S/C11H16ClNO3S/c1-3-8(4-2)16-11-6-5-9(7-10(11)12)17(13,14)15/h5-8H,3-4H2,1-2H3,(H2,13,14,15). The highest BCUT2D eigenvalue weighted by atomic mass is 35.5. The molecule has 0 bridgehead atoms. The van der Waals surface area contributed by atoms with Crippen molar-refractivity contribution in [1.29, 1.82) is 0 Å². The zero-order chi connectivity index (χ0) is 13.1. The smallest absolute Gasteiger partial charge is 0.238 e. The molecule has 0 spiro atoms. The number of nitrogens with two attached hydrogens (primary N) is 1. The average Bonchev–Trinajstić information content (AvgIpc) is 2.26. The predicted octanol–water partition coefficient (Wildman–Crippen LogP) is 2.55. The van der Waals surface area contributed by atoms with Gasteiger partial charge in [0.1, 0.15) is 5.75 Å². The van der Waals surface area contributed by atoms with E-state index in [2.05, 4.69) is 0 Å². The molecule has 96 valence electrons. The number of primary sulfonamides is 1. The summed E-state index contributed by atoms with van der Waals surface area (Å²) >= 11 is 5.95. The van der Waals surface area contributed by atoms with Crippen LogP contribution < -0.4 is 9.88 Å². The van der Waals surface area contributed by atoms with E-state index in [-0.39, 0.29) is 16.0 Å². The average molecular weight is 278 g/mol. The molecule has 0 aliphatic carbocycles. The minimum atomic E-state index is -3.72. The predicted molar refractivity (Wildman–Crippen MR) is 67.8 cm³/mol. The van der Waals surface area contributed by atoms with Gasteiger partial charge in [0.25, 0.3) is 0 Å². The van der Waals surface area contributed by atoms with E-state index in [1.807, 2.05) is 13.8 Å². The highest BCUT2D eigenvalue weighted by molar-refractivity contribution is 7.89. The van der Waals surface area contributed by atoms with Gasteiger partial charge in [0.15, 0.2) is 0 Å². The Balaban J connectivity index is 2.98. The maximum atomic E-state index is 11.1. The molecule has 0 saturated carbocycles. The van der Waals surface area contributed by atoms with Crippen LogP contribution >= 0.6 is 11.6 Å². The van der Waals surface area contributed by atoms with Crippen molar-refractivity contribution >= 4 is 21.6 Å². The molecule has 1 aromatic rings. The van der Waals surface area contributed by atoms with Crippen molar-refractivity contribution in [3.63, 3.8) is 0 Å². The van der Waals surface area contributed by atoms with Gasteiger partial charge in [-0.05, 0) is 31.0 Å². The number of rotatable bonds is 5. The molecule has 0 fully saturated rings. The quantitative estimate of drug-likeness (QED) is 0.899. The number of hydrogen-bond donors (Lipinski definition) is 1. The van der Waals surface area contributed by atoms with Crippen LogP contribution in [0.1, 0.15) is 26.7 Å². The number of hydrogen-bond acceptors (Lipinski definition) is 3.